The molecule has 0 radical (unpaired) electrons. The summed E-state index contributed by atoms with van der Waals surface area (Å²) in [5.41, 5.74) is 1.23. The first kappa shape index (κ1) is 12.6. The van der Waals surface area contributed by atoms with Gasteiger partial charge in [0.1, 0.15) is 5.01 Å². The van der Waals surface area contributed by atoms with E-state index in [0.717, 1.165) is 23.1 Å². The van der Waals surface area contributed by atoms with E-state index in [1.54, 1.807) is 11.3 Å². The third-order valence-corrected chi connectivity index (χ3v) is 4.06. The molecule has 0 aromatic carbocycles. The lowest BCUT2D eigenvalue weighted by Crippen LogP contribution is -2.05. The average molecular weight is 277 g/mol. The highest BCUT2D eigenvalue weighted by molar-refractivity contribution is 7.15. The zero-order valence-electron chi connectivity index (χ0n) is 11.3. The molecule has 6 heteroatoms. The number of hydrogen-bond donors (Lipinski definition) is 1. The van der Waals surface area contributed by atoms with E-state index in [2.05, 4.69) is 38.9 Å². The Labute approximate surface area is 117 Å². The minimum Gasteiger partial charge on any atom is -0.354 e. The van der Waals surface area contributed by atoms with Crippen LogP contribution < -0.4 is 5.32 Å². The molecule has 0 unspecified atom stereocenters. The van der Waals surface area contributed by atoms with E-state index in [0.29, 0.717) is 12.0 Å². The molecule has 19 heavy (non-hydrogen) atoms. The average Bonchev–Trinajstić information content (AvgIpc) is 2.94. The maximum atomic E-state index is 4.23. The maximum Gasteiger partial charge on any atom is 0.205 e. The van der Waals surface area contributed by atoms with E-state index >= 15 is 0 Å². The summed E-state index contributed by atoms with van der Waals surface area (Å²) in [5, 5.41) is 13.8. The second kappa shape index (κ2) is 5.28. The van der Waals surface area contributed by atoms with Crippen molar-refractivity contribution in [3.05, 3.63) is 23.2 Å². The van der Waals surface area contributed by atoms with Crippen molar-refractivity contribution >= 4 is 16.5 Å². The molecule has 0 atom stereocenters. The molecule has 2 aromatic heterocycles. The number of rotatable bonds is 6. The molecule has 2 heterocycles. The van der Waals surface area contributed by atoms with Crippen LogP contribution in [0.4, 0.5) is 5.13 Å². The van der Waals surface area contributed by atoms with Crippen molar-refractivity contribution in [3.8, 4) is 0 Å². The quantitative estimate of drug-likeness (QED) is 0.882. The predicted molar refractivity (Wildman–Crippen MR) is 76.3 cm³/mol. The van der Waals surface area contributed by atoms with Crippen molar-refractivity contribution < 1.29 is 0 Å². The molecule has 2 aromatic rings. The monoisotopic (exact) mass is 277 g/mol. The van der Waals surface area contributed by atoms with Crippen LogP contribution in [0, 0.1) is 5.92 Å². The Bertz CT molecular complexity index is 541. The van der Waals surface area contributed by atoms with Gasteiger partial charge in [0.05, 0.1) is 18.6 Å². The van der Waals surface area contributed by atoms with Gasteiger partial charge in [0.25, 0.3) is 0 Å². The second-order valence-electron chi connectivity index (χ2n) is 5.48. The third-order valence-electron chi connectivity index (χ3n) is 3.16. The van der Waals surface area contributed by atoms with Crippen LogP contribution >= 0.6 is 11.3 Å². The lowest BCUT2D eigenvalue weighted by molar-refractivity contribution is 0.640. The number of nitrogens with zero attached hydrogens (tertiary/aromatic N) is 4. The van der Waals surface area contributed by atoms with Crippen molar-refractivity contribution in [1.29, 1.82) is 0 Å². The Morgan fingerprint density at radius 1 is 1.42 bits per heavy atom. The van der Waals surface area contributed by atoms with Gasteiger partial charge in [-0.3, -0.25) is 0 Å². The molecule has 1 aliphatic rings. The normalized spacial score (nSPS) is 15.1. The first-order chi connectivity index (χ1) is 9.22. The van der Waals surface area contributed by atoms with E-state index in [1.165, 1.54) is 18.5 Å². The smallest absolute Gasteiger partial charge is 0.205 e. The zero-order valence-corrected chi connectivity index (χ0v) is 12.2. The van der Waals surface area contributed by atoms with Gasteiger partial charge < -0.3 is 9.88 Å². The van der Waals surface area contributed by atoms with Gasteiger partial charge in [-0.2, -0.15) is 0 Å². The van der Waals surface area contributed by atoms with E-state index < -0.39 is 0 Å². The number of imidazole rings is 1. The second-order valence-corrected chi connectivity index (χ2v) is 6.54. The maximum absolute atomic E-state index is 4.23. The van der Waals surface area contributed by atoms with Crippen molar-refractivity contribution in [1.82, 2.24) is 19.7 Å². The molecular weight excluding hydrogens is 258 g/mol. The van der Waals surface area contributed by atoms with Crippen LogP contribution in [-0.4, -0.2) is 19.7 Å². The van der Waals surface area contributed by atoms with E-state index in [9.17, 15) is 0 Å². The minimum atomic E-state index is 0.622. The molecule has 1 N–H and O–H groups in total. The van der Waals surface area contributed by atoms with Gasteiger partial charge in [-0.15, -0.1) is 10.2 Å². The Morgan fingerprint density at radius 3 is 3.00 bits per heavy atom. The highest BCUT2D eigenvalue weighted by Crippen LogP contribution is 2.35. The van der Waals surface area contributed by atoms with Crippen molar-refractivity contribution in [2.24, 2.45) is 5.92 Å². The Kier molecular flexibility index (Phi) is 3.50. The SMILES string of the molecule is CC(C)Cc1nnc(NCc2cncn2C2CC2)s1. The highest BCUT2D eigenvalue weighted by atomic mass is 32.1. The van der Waals surface area contributed by atoms with E-state index in [1.807, 2.05) is 12.5 Å². The predicted octanol–water partition coefficient (Wildman–Crippen LogP) is 2.88. The van der Waals surface area contributed by atoms with E-state index in [4.69, 9.17) is 0 Å². The summed E-state index contributed by atoms with van der Waals surface area (Å²) in [6, 6.07) is 0.672. The summed E-state index contributed by atoms with van der Waals surface area (Å²) in [4.78, 5) is 4.23. The Balaban J connectivity index is 1.59. The Hall–Kier alpha value is -1.43. The first-order valence-corrected chi connectivity index (χ1v) is 7.61. The van der Waals surface area contributed by atoms with Gasteiger partial charge in [-0.1, -0.05) is 25.2 Å². The molecule has 1 fully saturated rings. The molecule has 0 spiro atoms. The lowest BCUT2D eigenvalue weighted by atomic mass is 10.1. The van der Waals surface area contributed by atoms with Crippen molar-refractivity contribution in [2.45, 2.75) is 45.7 Å². The largest absolute Gasteiger partial charge is 0.354 e. The zero-order chi connectivity index (χ0) is 13.2. The summed E-state index contributed by atoms with van der Waals surface area (Å²) >= 11 is 1.65. The summed E-state index contributed by atoms with van der Waals surface area (Å²) in [6.07, 6.45) is 7.42. The number of aromatic nitrogens is 4. The molecule has 0 amide bonds. The van der Waals surface area contributed by atoms with Crippen LogP contribution in [0.15, 0.2) is 12.5 Å². The summed E-state index contributed by atoms with van der Waals surface area (Å²) in [5.74, 6) is 0.622. The van der Waals surface area contributed by atoms with Gasteiger partial charge in [-0.25, -0.2) is 4.98 Å². The molecule has 5 nitrogen and oxygen atoms in total. The Morgan fingerprint density at radius 2 is 2.26 bits per heavy atom. The summed E-state index contributed by atoms with van der Waals surface area (Å²) < 4.78 is 2.27. The van der Waals surface area contributed by atoms with Gasteiger partial charge in [0, 0.05) is 18.7 Å². The molecule has 0 saturated heterocycles. The fourth-order valence-electron chi connectivity index (χ4n) is 2.07. The number of anilines is 1. The third kappa shape index (κ3) is 3.12. The topological polar surface area (TPSA) is 55.6 Å². The van der Waals surface area contributed by atoms with Crippen molar-refractivity contribution in [2.75, 3.05) is 5.32 Å². The van der Waals surface area contributed by atoms with Crippen molar-refractivity contribution in [3.63, 3.8) is 0 Å². The standard InChI is InChI=1S/C13H19N5S/c1-9(2)5-12-16-17-13(19-12)15-7-11-6-14-8-18(11)10-3-4-10/h6,8-10H,3-5,7H2,1-2H3,(H,15,17). The summed E-state index contributed by atoms with van der Waals surface area (Å²) in [6.45, 7) is 5.16. The molecular formula is C13H19N5S. The van der Waals surface area contributed by atoms with Gasteiger partial charge >= 0.3 is 0 Å². The number of nitrogens with one attached hydrogen (secondary N) is 1. The van der Waals surface area contributed by atoms with Crippen LogP contribution in [0.25, 0.3) is 0 Å². The fourth-order valence-corrected chi connectivity index (χ4v) is 3.02. The molecule has 1 aliphatic carbocycles. The van der Waals surface area contributed by atoms with E-state index in [-0.39, 0.29) is 0 Å². The van der Waals surface area contributed by atoms with Crippen LogP contribution in [0.3, 0.4) is 0 Å². The minimum absolute atomic E-state index is 0.622. The molecule has 0 aliphatic heterocycles. The lowest BCUT2D eigenvalue weighted by Gasteiger charge is -2.06. The molecule has 0 bridgehead atoms. The highest BCUT2D eigenvalue weighted by Gasteiger charge is 2.25. The number of hydrogen-bond acceptors (Lipinski definition) is 5. The van der Waals surface area contributed by atoms with Gasteiger partial charge in [-0.05, 0) is 18.8 Å². The summed E-state index contributed by atoms with van der Waals surface area (Å²) in [7, 11) is 0. The molecule has 102 valence electrons. The van der Waals surface area contributed by atoms with Gasteiger partial charge in [0.2, 0.25) is 5.13 Å². The van der Waals surface area contributed by atoms with Crippen LogP contribution in [0.5, 0.6) is 0 Å². The molecule has 1 saturated carbocycles. The van der Waals surface area contributed by atoms with Crippen LogP contribution in [0.2, 0.25) is 0 Å². The first-order valence-electron chi connectivity index (χ1n) is 6.79. The van der Waals surface area contributed by atoms with Crippen LogP contribution in [-0.2, 0) is 13.0 Å². The fraction of sp³-hybridized carbons (Fsp3) is 0.615. The van der Waals surface area contributed by atoms with Crippen LogP contribution in [0.1, 0.15) is 43.4 Å². The van der Waals surface area contributed by atoms with Gasteiger partial charge in [0.15, 0.2) is 0 Å². The molecule has 3 rings (SSSR count).